The summed E-state index contributed by atoms with van der Waals surface area (Å²) in [5, 5.41) is 5.72. The maximum atomic E-state index is 12.2. The average Bonchev–Trinajstić information content (AvgIpc) is 3.06. The Balaban J connectivity index is 1.54. The zero-order valence-electron chi connectivity index (χ0n) is 13.7. The van der Waals surface area contributed by atoms with E-state index in [1.165, 1.54) is 6.42 Å². The zero-order chi connectivity index (χ0) is 16.8. The minimum atomic E-state index is -0.384. The number of hydrogen-bond acceptors (Lipinski definition) is 3. The Morgan fingerprint density at radius 3 is 2.61 bits per heavy atom. The molecule has 2 bridgehead atoms. The summed E-state index contributed by atoms with van der Waals surface area (Å²) < 4.78 is 5.66. The summed E-state index contributed by atoms with van der Waals surface area (Å²) in [4.78, 5) is 24.1. The van der Waals surface area contributed by atoms with E-state index < -0.39 is 0 Å². The minimum Gasteiger partial charge on any atom is -0.444 e. The lowest BCUT2D eigenvalue weighted by Crippen LogP contribution is -2.49. The zero-order valence-corrected chi connectivity index (χ0v) is 15.3. The molecule has 1 heterocycles. The molecule has 0 spiro atoms. The Morgan fingerprint density at radius 1 is 1.35 bits per heavy atom. The minimum absolute atomic E-state index is 0.0329. The van der Waals surface area contributed by atoms with Crippen molar-refractivity contribution >= 4 is 27.7 Å². The van der Waals surface area contributed by atoms with E-state index in [9.17, 15) is 9.59 Å². The van der Waals surface area contributed by atoms with Crippen LogP contribution in [0, 0.1) is 16.7 Å². The van der Waals surface area contributed by atoms with Gasteiger partial charge < -0.3 is 15.1 Å². The molecule has 126 valence electrons. The fourth-order valence-corrected chi connectivity index (χ4v) is 4.66. The molecule has 3 unspecified atom stereocenters. The molecule has 0 aromatic carbocycles. The van der Waals surface area contributed by atoms with Crippen LogP contribution in [0.5, 0.6) is 0 Å². The number of nitrogens with one attached hydrogen (secondary N) is 2. The number of hydrogen-bond donors (Lipinski definition) is 2. The van der Waals surface area contributed by atoms with Crippen LogP contribution in [0.4, 0.5) is 0 Å². The summed E-state index contributed by atoms with van der Waals surface area (Å²) in [5.41, 5.74) is 0.401. The van der Waals surface area contributed by atoms with Crippen LogP contribution in [0.2, 0.25) is 0 Å². The van der Waals surface area contributed by atoms with Crippen molar-refractivity contribution in [2.75, 3.05) is 6.54 Å². The van der Waals surface area contributed by atoms with Gasteiger partial charge in [-0.25, -0.2) is 0 Å². The number of fused-ring (bicyclic) bond motifs is 2. The predicted molar refractivity (Wildman–Crippen MR) is 89.9 cm³/mol. The highest BCUT2D eigenvalue weighted by Gasteiger charge is 2.61. The third-order valence-corrected chi connectivity index (χ3v) is 6.76. The van der Waals surface area contributed by atoms with Crippen LogP contribution in [0.25, 0.3) is 0 Å². The van der Waals surface area contributed by atoms with Crippen molar-refractivity contribution in [3.8, 4) is 0 Å². The van der Waals surface area contributed by atoms with Crippen molar-refractivity contribution in [3.63, 3.8) is 0 Å². The molecule has 0 saturated heterocycles. The lowest BCUT2D eigenvalue weighted by molar-refractivity contribution is -0.121. The molecular weight excluding hydrogens is 360 g/mol. The first kappa shape index (κ1) is 16.6. The third-order valence-electron chi connectivity index (χ3n) is 6.34. The van der Waals surface area contributed by atoms with E-state index >= 15 is 0 Å². The molecule has 2 amide bonds. The van der Waals surface area contributed by atoms with Crippen LogP contribution in [0.15, 0.2) is 21.2 Å². The summed E-state index contributed by atoms with van der Waals surface area (Å²) in [6, 6.07) is 3.41. The van der Waals surface area contributed by atoms with Gasteiger partial charge in [-0.05, 0) is 64.1 Å². The van der Waals surface area contributed by atoms with Crippen LogP contribution in [-0.4, -0.2) is 24.4 Å². The maximum absolute atomic E-state index is 12.2. The Labute approximate surface area is 144 Å². The van der Waals surface area contributed by atoms with Crippen molar-refractivity contribution in [2.24, 2.45) is 16.7 Å². The van der Waals surface area contributed by atoms with E-state index in [0.717, 1.165) is 12.8 Å². The number of furan rings is 1. The third kappa shape index (κ3) is 2.71. The molecule has 1 aromatic heterocycles. The van der Waals surface area contributed by atoms with Gasteiger partial charge in [0.15, 0.2) is 10.4 Å². The quantitative estimate of drug-likeness (QED) is 0.840. The Kier molecular flexibility index (Phi) is 4.07. The molecule has 2 saturated carbocycles. The second-order valence-electron chi connectivity index (χ2n) is 7.52. The van der Waals surface area contributed by atoms with E-state index in [-0.39, 0.29) is 41.0 Å². The Hall–Kier alpha value is -1.30. The SMILES string of the molecule is CC1(C)C2CCC1(C)C(NC(=O)CNC(=O)c1ccc(Br)o1)C2. The van der Waals surface area contributed by atoms with Crippen LogP contribution >= 0.6 is 15.9 Å². The standard InChI is InChI=1S/C17H23BrN2O3/c1-16(2)10-6-7-17(16,3)12(8-10)20-14(21)9-19-15(22)11-4-5-13(18)23-11/h4-5,10,12H,6-9H2,1-3H3,(H,19,22)(H,20,21). The highest BCUT2D eigenvalue weighted by atomic mass is 79.9. The number of halogens is 1. The van der Waals surface area contributed by atoms with Crippen molar-refractivity contribution < 1.29 is 14.0 Å². The first-order valence-corrected chi connectivity index (χ1v) is 8.86. The van der Waals surface area contributed by atoms with Gasteiger partial charge in [0.1, 0.15) is 0 Å². The van der Waals surface area contributed by atoms with Gasteiger partial charge in [-0.2, -0.15) is 0 Å². The van der Waals surface area contributed by atoms with Gasteiger partial charge in [0, 0.05) is 6.04 Å². The molecule has 6 heteroatoms. The summed E-state index contributed by atoms with van der Waals surface area (Å²) in [5.74, 6) is 0.342. The van der Waals surface area contributed by atoms with Gasteiger partial charge in [0.2, 0.25) is 5.91 Å². The summed E-state index contributed by atoms with van der Waals surface area (Å²) in [7, 11) is 0. The van der Waals surface area contributed by atoms with E-state index in [4.69, 9.17) is 4.42 Å². The number of carbonyl (C=O) groups excluding carboxylic acids is 2. The molecule has 5 nitrogen and oxygen atoms in total. The normalized spacial score (nSPS) is 31.1. The van der Waals surface area contributed by atoms with Gasteiger partial charge in [0.25, 0.3) is 5.91 Å². The fraction of sp³-hybridized carbons (Fsp3) is 0.647. The van der Waals surface area contributed by atoms with Gasteiger partial charge in [-0.1, -0.05) is 20.8 Å². The van der Waals surface area contributed by atoms with Gasteiger partial charge in [0.05, 0.1) is 6.54 Å². The lowest BCUT2D eigenvalue weighted by Gasteiger charge is -2.39. The highest BCUT2D eigenvalue weighted by molar-refractivity contribution is 9.10. The van der Waals surface area contributed by atoms with Crippen LogP contribution in [0.3, 0.4) is 0 Å². The van der Waals surface area contributed by atoms with E-state index in [2.05, 4.69) is 47.3 Å². The highest BCUT2D eigenvalue weighted by Crippen LogP contribution is 2.65. The van der Waals surface area contributed by atoms with E-state index in [1.54, 1.807) is 12.1 Å². The summed E-state index contributed by atoms with van der Waals surface area (Å²) in [6.07, 6.45) is 3.44. The van der Waals surface area contributed by atoms with Crippen LogP contribution in [0.1, 0.15) is 50.6 Å². The van der Waals surface area contributed by atoms with E-state index in [0.29, 0.717) is 10.6 Å². The second kappa shape index (κ2) is 5.65. The van der Waals surface area contributed by atoms with Crippen molar-refractivity contribution in [1.29, 1.82) is 0 Å². The predicted octanol–water partition coefficient (Wildman–Crippen LogP) is 3.10. The lowest BCUT2D eigenvalue weighted by atomic mass is 9.69. The summed E-state index contributed by atoms with van der Waals surface area (Å²) in [6.45, 7) is 6.87. The average molecular weight is 383 g/mol. The first-order valence-electron chi connectivity index (χ1n) is 8.07. The molecule has 0 aliphatic heterocycles. The topological polar surface area (TPSA) is 71.3 Å². The first-order chi connectivity index (χ1) is 10.7. The monoisotopic (exact) mass is 382 g/mol. The van der Waals surface area contributed by atoms with Crippen molar-refractivity contribution in [1.82, 2.24) is 10.6 Å². The molecule has 2 aliphatic rings. The van der Waals surface area contributed by atoms with Crippen molar-refractivity contribution in [2.45, 2.75) is 46.1 Å². The maximum Gasteiger partial charge on any atom is 0.287 e. The Morgan fingerprint density at radius 2 is 2.09 bits per heavy atom. The van der Waals surface area contributed by atoms with Crippen LogP contribution < -0.4 is 10.6 Å². The van der Waals surface area contributed by atoms with Crippen LogP contribution in [-0.2, 0) is 4.79 Å². The number of rotatable bonds is 4. The number of amides is 2. The summed E-state index contributed by atoms with van der Waals surface area (Å²) >= 11 is 3.15. The Bertz CT molecular complexity index is 640. The second-order valence-corrected chi connectivity index (χ2v) is 8.30. The molecule has 23 heavy (non-hydrogen) atoms. The molecule has 1 aromatic rings. The fourth-order valence-electron chi connectivity index (χ4n) is 4.35. The smallest absolute Gasteiger partial charge is 0.287 e. The molecule has 0 radical (unpaired) electrons. The molecule has 2 N–H and O–H groups in total. The van der Waals surface area contributed by atoms with Crippen molar-refractivity contribution in [3.05, 3.63) is 22.6 Å². The van der Waals surface area contributed by atoms with Gasteiger partial charge in [-0.3, -0.25) is 9.59 Å². The van der Waals surface area contributed by atoms with E-state index in [1.807, 2.05) is 0 Å². The largest absolute Gasteiger partial charge is 0.444 e. The molecule has 3 atom stereocenters. The van der Waals surface area contributed by atoms with Gasteiger partial charge >= 0.3 is 0 Å². The molecule has 2 aliphatic carbocycles. The molecule has 3 rings (SSSR count). The number of carbonyl (C=O) groups is 2. The molecule has 2 fully saturated rings. The molecular formula is C17H23BrN2O3. The van der Waals surface area contributed by atoms with Gasteiger partial charge in [-0.15, -0.1) is 0 Å².